The third-order valence-electron chi connectivity index (χ3n) is 6.09. The van der Waals surface area contributed by atoms with Crippen molar-refractivity contribution in [2.45, 2.75) is 13.8 Å². The Labute approximate surface area is 202 Å². The summed E-state index contributed by atoms with van der Waals surface area (Å²) in [6.07, 6.45) is 0. The van der Waals surface area contributed by atoms with E-state index in [0.29, 0.717) is 0 Å². The topological polar surface area (TPSA) is 0 Å². The molecule has 0 nitrogen and oxygen atoms in total. The van der Waals surface area contributed by atoms with Crippen LogP contribution in [0.1, 0.15) is 11.1 Å². The molecule has 0 unspecified atom stereocenters. The normalized spacial score (nSPS) is 12.1. The Kier molecular flexibility index (Phi) is 4.16. The molecule has 7 aromatic rings. The monoisotopic (exact) mass is 482 g/mol. The van der Waals surface area contributed by atoms with Gasteiger partial charge in [0.05, 0.1) is 18.8 Å². The lowest BCUT2D eigenvalue weighted by Crippen LogP contribution is -1.73. The first-order valence-corrected chi connectivity index (χ1v) is 13.9. The highest BCUT2D eigenvalue weighted by Gasteiger charge is 2.17. The quantitative estimate of drug-likeness (QED) is 0.230. The Morgan fingerprint density at radius 2 is 0.844 bits per heavy atom. The molecule has 0 aliphatic rings. The number of hydrogen-bond donors (Lipinski definition) is 0. The second-order valence-corrected chi connectivity index (χ2v) is 12.6. The Hall–Kier alpha value is -2.50. The van der Waals surface area contributed by atoms with Crippen LogP contribution in [-0.4, -0.2) is 0 Å². The fourth-order valence-electron chi connectivity index (χ4n) is 4.34. The summed E-state index contributed by atoms with van der Waals surface area (Å²) in [5.74, 6) is 0. The van der Waals surface area contributed by atoms with E-state index in [9.17, 15) is 0 Å². The van der Waals surface area contributed by atoms with E-state index >= 15 is 0 Å². The van der Waals surface area contributed by atoms with E-state index in [0.717, 1.165) is 0 Å². The summed E-state index contributed by atoms with van der Waals surface area (Å²) < 4.78 is 8.57. The lowest BCUT2D eigenvalue weighted by atomic mass is 10.1. The van der Waals surface area contributed by atoms with Gasteiger partial charge < -0.3 is 0 Å². The van der Waals surface area contributed by atoms with Gasteiger partial charge in [-0.25, -0.2) is 0 Å². The number of rotatable bonds is 2. The van der Waals surface area contributed by atoms with Crippen LogP contribution in [0.15, 0.2) is 72.8 Å². The number of hydrogen-bond acceptors (Lipinski definition) is 4. The number of benzene rings is 3. The van der Waals surface area contributed by atoms with Crippen LogP contribution in [-0.2, 0) is 0 Å². The van der Waals surface area contributed by atoms with E-state index in [1.54, 1.807) is 0 Å². The van der Waals surface area contributed by atoms with E-state index < -0.39 is 0 Å². The molecule has 0 radical (unpaired) electrons. The third-order valence-corrected chi connectivity index (χ3v) is 11.3. The van der Waals surface area contributed by atoms with Crippen molar-refractivity contribution in [3.8, 4) is 20.9 Å². The van der Waals surface area contributed by atoms with Gasteiger partial charge in [-0.1, -0.05) is 71.8 Å². The first kappa shape index (κ1) is 19.0. The molecule has 3 aromatic carbocycles. The largest absolute Gasteiger partial charge is 0.134 e. The minimum absolute atomic E-state index is 1.31. The minimum atomic E-state index is 1.31. The fourth-order valence-corrected chi connectivity index (χ4v) is 9.71. The van der Waals surface area contributed by atoms with Crippen LogP contribution >= 0.6 is 45.3 Å². The highest BCUT2D eigenvalue weighted by Crippen LogP contribution is 2.50. The molecule has 0 saturated carbocycles. The van der Waals surface area contributed by atoms with Crippen molar-refractivity contribution >= 4 is 84.3 Å². The summed E-state index contributed by atoms with van der Waals surface area (Å²) in [4.78, 5) is 2.73. The molecular weight excluding hydrogens is 465 g/mol. The van der Waals surface area contributed by atoms with Gasteiger partial charge in [0, 0.05) is 29.9 Å². The van der Waals surface area contributed by atoms with Gasteiger partial charge in [0.25, 0.3) is 0 Å². The van der Waals surface area contributed by atoms with Crippen molar-refractivity contribution in [1.29, 1.82) is 0 Å². The molecule has 0 amide bonds. The third kappa shape index (κ3) is 2.84. The summed E-state index contributed by atoms with van der Waals surface area (Å²) in [6, 6.07) is 27.2. The van der Waals surface area contributed by atoms with Crippen molar-refractivity contribution < 1.29 is 0 Å². The fraction of sp³-hybridized carbons (Fsp3) is 0.0714. The maximum atomic E-state index is 2.38. The van der Waals surface area contributed by atoms with E-state index in [2.05, 4.69) is 86.6 Å². The zero-order valence-corrected chi connectivity index (χ0v) is 20.8. The van der Waals surface area contributed by atoms with Crippen LogP contribution in [0.4, 0.5) is 0 Å². The molecular formula is C28H18S4. The second kappa shape index (κ2) is 7.00. The van der Waals surface area contributed by atoms with Gasteiger partial charge in [0.1, 0.15) is 0 Å². The van der Waals surface area contributed by atoms with E-state index in [4.69, 9.17) is 0 Å². The lowest BCUT2D eigenvalue weighted by molar-refractivity contribution is 1.48. The first-order valence-electron chi connectivity index (χ1n) is 10.6. The molecule has 7 rings (SSSR count). The Morgan fingerprint density at radius 3 is 1.25 bits per heavy atom. The van der Waals surface area contributed by atoms with E-state index in [-0.39, 0.29) is 0 Å². The molecule has 0 N–H and O–H groups in total. The average molecular weight is 483 g/mol. The summed E-state index contributed by atoms with van der Waals surface area (Å²) in [5.41, 5.74) is 5.25. The standard InChI is InChI=1S/C28H18S4/c1-15-3-7-17(8-4-15)21-13-23-25(29-21)19-11-12-20-26-24(32-28(20)27(19)31-23)14-22(30-26)18-9-5-16(2)6-10-18/h3-14H,1-2H3. The zero-order chi connectivity index (χ0) is 21.4. The van der Waals surface area contributed by atoms with Gasteiger partial charge in [0.15, 0.2) is 0 Å². The lowest BCUT2D eigenvalue weighted by Gasteiger charge is -1.98. The van der Waals surface area contributed by atoms with Gasteiger partial charge in [-0.3, -0.25) is 0 Å². The van der Waals surface area contributed by atoms with Crippen LogP contribution in [0.25, 0.3) is 59.9 Å². The van der Waals surface area contributed by atoms with Crippen LogP contribution in [0, 0.1) is 13.8 Å². The number of aryl methyl sites for hydroxylation is 2. The molecule has 0 bridgehead atoms. The van der Waals surface area contributed by atoms with Crippen molar-refractivity contribution in [2.75, 3.05) is 0 Å². The van der Waals surface area contributed by atoms with Crippen molar-refractivity contribution in [1.82, 2.24) is 0 Å². The molecule has 4 aromatic heterocycles. The van der Waals surface area contributed by atoms with Crippen molar-refractivity contribution in [2.24, 2.45) is 0 Å². The van der Waals surface area contributed by atoms with Crippen LogP contribution in [0.3, 0.4) is 0 Å². The van der Waals surface area contributed by atoms with Crippen LogP contribution < -0.4 is 0 Å². The van der Waals surface area contributed by atoms with Gasteiger partial charge in [-0.15, -0.1) is 45.3 Å². The molecule has 0 fully saturated rings. The van der Waals surface area contributed by atoms with Gasteiger partial charge in [0.2, 0.25) is 0 Å². The molecule has 0 atom stereocenters. The average Bonchev–Trinajstić information content (AvgIpc) is 3.53. The molecule has 32 heavy (non-hydrogen) atoms. The number of fused-ring (bicyclic) bond motifs is 7. The second-order valence-electron chi connectivity index (χ2n) is 8.36. The van der Waals surface area contributed by atoms with E-state index in [1.165, 1.54) is 71.0 Å². The maximum Gasteiger partial charge on any atom is 0.0542 e. The molecule has 0 aliphatic heterocycles. The summed E-state index contributed by atoms with van der Waals surface area (Å²) in [7, 11) is 0. The van der Waals surface area contributed by atoms with E-state index in [1.807, 2.05) is 45.3 Å². The maximum absolute atomic E-state index is 2.38. The molecule has 0 aliphatic carbocycles. The highest BCUT2D eigenvalue weighted by atomic mass is 32.1. The minimum Gasteiger partial charge on any atom is -0.134 e. The SMILES string of the molecule is Cc1ccc(-c2cc3sc4c(ccc5c6sc(-c7ccc(C)cc7)cc6sc54)c3s2)cc1. The Balaban J connectivity index is 1.38. The number of thiophene rings is 4. The smallest absolute Gasteiger partial charge is 0.0542 e. The molecule has 4 heterocycles. The van der Waals surface area contributed by atoms with Crippen molar-refractivity contribution in [3.63, 3.8) is 0 Å². The first-order chi connectivity index (χ1) is 15.6. The van der Waals surface area contributed by atoms with Crippen LogP contribution in [0.2, 0.25) is 0 Å². The van der Waals surface area contributed by atoms with Gasteiger partial charge in [-0.05, 0) is 37.1 Å². The molecule has 0 spiro atoms. The summed E-state index contributed by atoms with van der Waals surface area (Å²) in [5, 5.41) is 2.82. The highest BCUT2D eigenvalue weighted by molar-refractivity contribution is 7.39. The summed E-state index contributed by atoms with van der Waals surface area (Å²) >= 11 is 7.77. The van der Waals surface area contributed by atoms with Crippen molar-refractivity contribution in [3.05, 3.63) is 83.9 Å². The predicted molar refractivity (Wildman–Crippen MR) is 148 cm³/mol. The van der Waals surface area contributed by atoms with Gasteiger partial charge >= 0.3 is 0 Å². The molecule has 4 heteroatoms. The zero-order valence-electron chi connectivity index (χ0n) is 17.6. The summed E-state index contributed by atoms with van der Waals surface area (Å²) in [6.45, 7) is 4.29. The molecule has 154 valence electrons. The Bertz CT molecular complexity index is 1630. The van der Waals surface area contributed by atoms with Crippen LogP contribution in [0.5, 0.6) is 0 Å². The molecule has 0 saturated heterocycles. The Morgan fingerprint density at radius 1 is 0.438 bits per heavy atom. The predicted octanol–water partition coefficient (Wildman–Crippen LogP) is 10.5. The van der Waals surface area contributed by atoms with Gasteiger partial charge in [-0.2, -0.15) is 0 Å².